The van der Waals surface area contributed by atoms with Gasteiger partial charge in [-0.3, -0.25) is 24.0 Å². The molecule has 4 N–H and O–H groups in total. The van der Waals surface area contributed by atoms with Gasteiger partial charge in [0.15, 0.2) is 11.6 Å². The second-order valence-electron chi connectivity index (χ2n) is 16.9. The van der Waals surface area contributed by atoms with E-state index in [-0.39, 0.29) is 47.9 Å². The summed E-state index contributed by atoms with van der Waals surface area (Å²) in [5, 5.41) is 15.6. The second kappa shape index (κ2) is 18.7. The number of furan rings is 2. The smallest absolute Gasteiger partial charge is 0.247 e. The van der Waals surface area contributed by atoms with Gasteiger partial charge in [-0.15, -0.1) is 0 Å². The Hall–Kier alpha value is -7.05. The van der Waals surface area contributed by atoms with Gasteiger partial charge in [-0.05, 0) is 86.1 Å². The number of dihydropyridines is 1. The van der Waals surface area contributed by atoms with E-state index in [2.05, 4.69) is 26.2 Å². The summed E-state index contributed by atoms with van der Waals surface area (Å²) in [4.78, 5) is 69.5. The fourth-order valence-electron chi connectivity index (χ4n) is 9.50. The lowest BCUT2D eigenvalue weighted by Crippen LogP contribution is -2.51. The molecule has 64 heavy (non-hydrogen) atoms. The maximum Gasteiger partial charge on any atom is 0.247 e. The molecule has 9 rings (SSSR count). The molecule has 2 aliphatic carbocycles. The van der Waals surface area contributed by atoms with Crippen LogP contribution in [-0.4, -0.2) is 61.3 Å². The number of hydrogen-bond donors (Lipinski definition) is 4. The fourth-order valence-corrected chi connectivity index (χ4v) is 9.50. The number of para-hydroxylation sites is 1. The van der Waals surface area contributed by atoms with Gasteiger partial charge in [-0.1, -0.05) is 66.7 Å². The number of allylic oxidation sites excluding steroid dienone is 2. The Morgan fingerprint density at radius 1 is 0.875 bits per heavy atom. The molecule has 6 aromatic rings. The van der Waals surface area contributed by atoms with E-state index in [1.165, 1.54) is 0 Å². The van der Waals surface area contributed by atoms with E-state index < -0.39 is 23.8 Å². The Kier molecular flexibility index (Phi) is 12.4. The number of rotatable bonds is 16. The summed E-state index contributed by atoms with van der Waals surface area (Å²) < 4.78 is 12.2. The zero-order valence-corrected chi connectivity index (χ0v) is 35.7. The van der Waals surface area contributed by atoms with Crippen LogP contribution in [0.15, 0.2) is 142 Å². The van der Waals surface area contributed by atoms with Crippen molar-refractivity contribution in [3.8, 4) is 0 Å². The highest BCUT2D eigenvalue weighted by atomic mass is 16.3. The second-order valence-corrected chi connectivity index (χ2v) is 16.9. The van der Waals surface area contributed by atoms with Crippen molar-refractivity contribution in [3.63, 3.8) is 0 Å². The molecule has 12 nitrogen and oxygen atoms in total. The molecular formula is C52H51N5O7. The van der Waals surface area contributed by atoms with Gasteiger partial charge >= 0.3 is 0 Å². The summed E-state index contributed by atoms with van der Waals surface area (Å²) in [5.74, 6) is -2.29. The lowest BCUT2D eigenvalue weighted by atomic mass is 9.67. The lowest BCUT2D eigenvalue weighted by molar-refractivity contribution is -0.139. The molecule has 1 amide bonds. The monoisotopic (exact) mass is 857 g/mol. The van der Waals surface area contributed by atoms with Crippen LogP contribution in [-0.2, 0) is 20.9 Å². The van der Waals surface area contributed by atoms with Gasteiger partial charge in [0.1, 0.15) is 34.5 Å². The summed E-state index contributed by atoms with van der Waals surface area (Å²) in [5.41, 5.74) is 5.44. The zero-order chi connectivity index (χ0) is 44.2. The molecule has 1 aliphatic heterocycles. The van der Waals surface area contributed by atoms with E-state index in [1.807, 2.05) is 103 Å². The van der Waals surface area contributed by atoms with Crippen LogP contribution in [0.5, 0.6) is 0 Å². The minimum atomic E-state index is -0.741. The number of nitrogens with zero attached hydrogens (tertiary/aromatic N) is 1. The predicted molar refractivity (Wildman–Crippen MR) is 246 cm³/mol. The first-order chi connectivity index (χ1) is 31.2. The molecular weight excluding hydrogens is 807 g/mol. The van der Waals surface area contributed by atoms with Crippen molar-refractivity contribution in [2.45, 2.75) is 51.2 Å². The standard InChI is InChI=1S/C52H51N5O7/c1-32-44(58)22-21-39(50(32)60)41-28-45(59)48-40(51(41)61)16-7-17-42(48)55-25-10-24-54-30-43(33-11-3-2-4-12-33)56-52(62)49(34-13-8-23-53-29-34)57(31-36-14-9-26-63-36)35-19-20-38-37-15-5-6-18-46(37)64-47(38)27-35/h2-9,11-20,23,26-27,32,39,41,43,49,53-55H,10,21-22,24-25,28-31H2,1H3,(H,56,62). The lowest BCUT2D eigenvalue weighted by Gasteiger charge is -2.35. The molecule has 0 spiro atoms. The third kappa shape index (κ3) is 8.65. The van der Waals surface area contributed by atoms with E-state index in [9.17, 15) is 24.0 Å². The number of Topliss-reactive ketones (excluding diaryl/α,β-unsaturated/α-hetero) is 4. The Labute approximate surface area is 371 Å². The summed E-state index contributed by atoms with van der Waals surface area (Å²) in [6.45, 7) is 3.96. The average molecular weight is 858 g/mol. The molecule has 0 bridgehead atoms. The molecule has 1 saturated carbocycles. The molecule has 0 radical (unpaired) electrons. The third-order valence-electron chi connectivity index (χ3n) is 12.9. The maximum absolute atomic E-state index is 15.0. The van der Waals surface area contributed by atoms with Gasteiger partial charge in [-0.25, -0.2) is 0 Å². The quantitative estimate of drug-likeness (QED) is 0.0550. The first kappa shape index (κ1) is 42.3. The van der Waals surface area contributed by atoms with Crippen molar-refractivity contribution in [1.29, 1.82) is 0 Å². The topological polar surface area (TPSA) is 163 Å². The minimum Gasteiger partial charge on any atom is -0.467 e. The minimum absolute atomic E-state index is 0.0432. The molecule has 5 atom stereocenters. The molecule has 2 aromatic heterocycles. The number of hydrogen-bond acceptors (Lipinski definition) is 11. The number of amides is 1. The summed E-state index contributed by atoms with van der Waals surface area (Å²) in [6, 6.07) is 31.8. The van der Waals surface area contributed by atoms with Crippen LogP contribution < -0.4 is 26.2 Å². The predicted octanol–water partition coefficient (Wildman–Crippen LogP) is 8.12. The normalized spacial score (nSPS) is 19.5. The third-order valence-corrected chi connectivity index (χ3v) is 12.9. The van der Waals surface area contributed by atoms with Crippen molar-refractivity contribution in [2.24, 2.45) is 17.8 Å². The number of benzene rings is 4. The molecule has 3 aliphatic rings. The van der Waals surface area contributed by atoms with Crippen LogP contribution in [0.2, 0.25) is 0 Å². The van der Waals surface area contributed by atoms with Gasteiger partial charge in [0.25, 0.3) is 0 Å². The van der Waals surface area contributed by atoms with Crippen LogP contribution in [0.3, 0.4) is 0 Å². The van der Waals surface area contributed by atoms with Crippen LogP contribution >= 0.6 is 0 Å². The molecule has 3 heterocycles. The van der Waals surface area contributed by atoms with E-state index in [4.69, 9.17) is 8.83 Å². The Morgan fingerprint density at radius 3 is 2.52 bits per heavy atom. The number of nitrogens with one attached hydrogen (secondary N) is 4. The van der Waals surface area contributed by atoms with Crippen LogP contribution in [0.4, 0.5) is 11.4 Å². The Bertz CT molecular complexity index is 2770. The first-order valence-electron chi connectivity index (χ1n) is 22.1. The SMILES string of the molecule is CC1C(=O)CCC(C2CC(=O)c3c(NCCCNCC(NC(=O)C(C4=CC=CNC4)N(Cc4ccco4)c4ccc5c(c4)oc4ccccc45)c4ccccc4)cccc3C2=O)C1=O. The number of fused-ring (bicyclic) bond motifs is 4. The largest absolute Gasteiger partial charge is 0.467 e. The van der Waals surface area contributed by atoms with Crippen LogP contribution in [0.25, 0.3) is 21.9 Å². The Balaban J connectivity index is 0.894. The molecule has 4 aromatic carbocycles. The summed E-state index contributed by atoms with van der Waals surface area (Å²) in [7, 11) is 0. The van der Waals surface area contributed by atoms with Crippen molar-refractivity contribution >= 4 is 62.4 Å². The highest BCUT2D eigenvalue weighted by molar-refractivity contribution is 6.19. The first-order valence-corrected chi connectivity index (χ1v) is 22.1. The highest BCUT2D eigenvalue weighted by Crippen LogP contribution is 2.39. The van der Waals surface area contributed by atoms with Crippen LogP contribution in [0.1, 0.15) is 70.7 Å². The van der Waals surface area contributed by atoms with Gasteiger partial charge in [0, 0.05) is 78.1 Å². The molecule has 5 unspecified atom stereocenters. The number of anilines is 2. The van der Waals surface area contributed by atoms with Gasteiger partial charge in [0.2, 0.25) is 5.91 Å². The van der Waals surface area contributed by atoms with Gasteiger partial charge in [-0.2, -0.15) is 0 Å². The molecule has 326 valence electrons. The van der Waals surface area contributed by atoms with Crippen molar-refractivity contribution in [2.75, 3.05) is 36.4 Å². The van der Waals surface area contributed by atoms with Gasteiger partial charge < -0.3 is 35.0 Å². The van der Waals surface area contributed by atoms with Crippen LogP contribution in [0, 0.1) is 17.8 Å². The number of ketones is 4. The van der Waals surface area contributed by atoms with Crippen molar-refractivity contribution in [1.82, 2.24) is 16.0 Å². The Morgan fingerprint density at radius 2 is 1.70 bits per heavy atom. The summed E-state index contributed by atoms with van der Waals surface area (Å²) in [6.07, 6.45) is 8.60. The van der Waals surface area contributed by atoms with Crippen molar-refractivity contribution in [3.05, 3.63) is 156 Å². The van der Waals surface area contributed by atoms with E-state index in [0.29, 0.717) is 68.1 Å². The average Bonchev–Trinajstić information content (AvgIpc) is 3.98. The fraction of sp³-hybridized carbons (Fsp3) is 0.288. The number of carbonyl (C=O) groups is 5. The summed E-state index contributed by atoms with van der Waals surface area (Å²) >= 11 is 0. The van der Waals surface area contributed by atoms with E-state index >= 15 is 0 Å². The number of carbonyl (C=O) groups excluding carboxylic acids is 5. The van der Waals surface area contributed by atoms with E-state index in [0.717, 1.165) is 38.8 Å². The van der Waals surface area contributed by atoms with Gasteiger partial charge in [0.05, 0.1) is 30.3 Å². The molecule has 0 saturated heterocycles. The van der Waals surface area contributed by atoms with Crippen molar-refractivity contribution < 1.29 is 32.8 Å². The maximum atomic E-state index is 15.0. The molecule has 1 fully saturated rings. The molecule has 12 heteroatoms. The van der Waals surface area contributed by atoms with E-state index in [1.54, 1.807) is 31.4 Å². The highest BCUT2D eigenvalue weighted by Gasteiger charge is 2.45. The zero-order valence-electron chi connectivity index (χ0n) is 35.7.